The summed E-state index contributed by atoms with van der Waals surface area (Å²) in [6.45, 7) is 0. The number of rotatable bonds is 8. The van der Waals surface area contributed by atoms with E-state index in [-0.39, 0.29) is 114 Å². The predicted octanol–water partition coefficient (Wildman–Crippen LogP) is 10.2. The van der Waals surface area contributed by atoms with Crippen molar-refractivity contribution in [2.75, 3.05) is 0 Å². The summed E-state index contributed by atoms with van der Waals surface area (Å²) in [5.74, 6) is 0.436. The van der Waals surface area contributed by atoms with Gasteiger partial charge in [0.25, 0.3) is 0 Å². The summed E-state index contributed by atoms with van der Waals surface area (Å²) in [4.78, 5) is 29.5. The molecule has 2 aliphatic carbocycles. The van der Waals surface area contributed by atoms with Crippen LogP contribution in [0, 0.1) is 68.0 Å². The molecule has 0 atom stereocenters. The van der Waals surface area contributed by atoms with Gasteiger partial charge in [-0.25, -0.2) is 29.9 Å². The summed E-state index contributed by atoms with van der Waals surface area (Å²) in [5.41, 5.74) is 1.82. The molecule has 8 aromatic rings. The zero-order chi connectivity index (χ0) is 46.7. The molecule has 0 spiro atoms. The van der Waals surface area contributed by atoms with E-state index in [1.165, 1.54) is 24.3 Å². The lowest BCUT2D eigenvalue weighted by Gasteiger charge is -2.16. The van der Waals surface area contributed by atoms with Crippen LogP contribution < -0.4 is 0 Å². The topological polar surface area (TPSA) is 246 Å². The van der Waals surface area contributed by atoms with Crippen LogP contribution in [0.1, 0.15) is 34.7 Å². The van der Waals surface area contributed by atoms with E-state index < -0.39 is 0 Å². The third kappa shape index (κ3) is 7.06. The number of nitriles is 6. The van der Waals surface area contributed by atoms with E-state index in [1.807, 2.05) is 133 Å². The molecule has 0 bridgehead atoms. The van der Waals surface area contributed by atoms with Crippen molar-refractivity contribution in [3.05, 3.63) is 214 Å². The molecule has 2 aliphatic rings. The molecule has 4 heterocycles. The fourth-order valence-corrected chi connectivity index (χ4v) is 8.04. The van der Waals surface area contributed by atoms with Crippen LogP contribution in [-0.4, -0.2) is 29.9 Å². The van der Waals surface area contributed by atoms with E-state index in [2.05, 4.69) is 24.3 Å². The van der Waals surface area contributed by atoms with Gasteiger partial charge in [0.2, 0.25) is 11.5 Å². The highest BCUT2D eigenvalue weighted by Gasteiger charge is 2.47. The Morgan fingerprint density at radius 1 is 0.324 bits per heavy atom. The average molecular weight is 873 g/mol. The molecule has 0 amide bonds. The van der Waals surface area contributed by atoms with E-state index in [0.29, 0.717) is 22.3 Å². The van der Waals surface area contributed by atoms with Crippen LogP contribution in [0.2, 0.25) is 0 Å². The Hall–Kier alpha value is -10.9. The van der Waals surface area contributed by atoms with Gasteiger partial charge in [0.15, 0.2) is 34.9 Å². The second kappa shape index (κ2) is 17.3. The molecule has 0 unspecified atom stereocenters. The van der Waals surface area contributed by atoms with E-state index in [4.69, 9.17) is 38.7 Å². The van der Waals surface area contributed by atoms with Crippen molar-refractivity contribution < 1.29 is 8.83 Å². The first kappa shape index (κ1) is 41.1. The van der Waals surface area contributed by atoms with Crippen LogP contribution in [0.5, 0.6) is 0 Å². The van der Waals surface area contributed by atoms with Crippen molar-refractivity contribution in [3.8, 4) is 82.0 Å². The van der Waals surface area contributed by atoms with Crippen molar-refractivity contribution in [2.24, 2.45) is 0 Å². The molecule has 10 rings (SSSR count). The summed E-state index contributed by atoms with van der Waals surface area (Å²) in [6, 6.07) is 55.1. The first-order chi connectivity index (χ1) is 33.5. The molecule has 14 nitrogen and oxygen atoms in total. The van der Waals surface area contributed by atoms with Gasteiger partial charge in [0.05, 0.1) is 11.1 Å². The van der Waals surface area contributed by atoms with Crippen LogP contribution in [0.15, 0.2) is 188 Å². The highest BCUT2D eigenvalue weighted by Crippen LogP contribution is 2.58. The van der Waals surface area contributed by atoms with Crippen molar-refractivity contribution in [2.45, 2.75) is 0 Å². The molecule has 0 radical (unpaired) electrons. The Labute approximate surface area is 386 Å². The number of hydrogen-bond acceptors (Lipinski definition) is 14. The van der Waals surface area contributed by atoms with Gasteiger partial charge >= 0.3 is 0 Å². The van der Waals surface area contributed by atoms with Crippen molar-refractivity contribution in [1.29, 1.82) is 31.6 Å². The van der Waals surface area contributed by atoms with Gasteiger partial charge < -0.3 is 8.83 Å². The normalized spacial score (nSPS) is 14.3. The Kier molecular flexibility index (Phi) is 10.5. The van der Waals surface area contributed by atoms with Gasteiger partial charge in [-0.3, -0.25) is 0 Å². The predicted molar refractivity (Wildman–Crippen MR) is 245 cm³/mol. The fraction of sp³-hybridized carbons (Fsp3) is 0. The smallest absolute Gasteiger partial charge is 0.204 e. The quantitative estimate of drug-likeness (QED) is 0.129. The lowest BCUT2D eigenvalue weighted by Crippen LogP contribution is -2.08. The molecular formula is C54H24N12O2. The SMILES string of the molecule is N#CC1=C(c2nc(-c3ccccc3)nc(-c3ccccc3)n2)/C(=C(\C#N)c2ccc(C#N)o2)C2=C1/C(=C(/C#N)c1ccc(C#N)o1)C(c1nc(-c3ccccc3)nc(-c3ccccc3)n1)=C2C#N. The van der Waals surface area contributed by atoms with Crippen molar-refractivity contribution >= 4 is 22.3 Å². The molecule has 0 saturated heterocycles. The molecule has 14 heteroatoms. The average Bonchev–Trinajstić information content (AvgIpc) is 4.22. The maximum absolute atomic E-state index is 11.6. The van der Waals surface area contributed by atoms with Crippen LogP contribution in [0.4, 0.5) is 0 Å². The molecule has 0 aliphatic heterocycles. The third-order valence-corrected chi connectivity index (χ3v) is 11.0. The second-order valence-electron chi connectivity index (χ2n) is 14.8. The summed E-state index contributed by atoms with van der Waals surface area (Å²) in [5, 5.41) is 65.4. The summed E-state index contributed by atoms with van der Waals surface area (Å²) >= 11 is 0. The minimum atomic E-state index is -0.190. The number of benzene rings is 4. The fourth-order valence-electron chi connectivity index (χ4n) is 8.04. The summed E-state index contributed by atoms with van der Waals surface area (Å²) in [6.07, 6.45) is 0. The van der Waals surface area contributed by atoms with Crippen molar-refractivity contribution in [1.82, 2.24) is 29.9 Å². The first-order valence-electron chi connectivity index (χ1n) is 20.6. The Morgan fingerprint density at radius 2 is 0.618 bits per heavy atom. The Balaban J connectivity index is 1.36. The minimum Gasteiger partial charge on any atom is -0.445 e. The van der Waals surface area contributed by atoms with Gasteiger partial charge in [0, 0.05) is 55.7 Å². The number of furan rings is 2. The molecule has 4 aromatic heterocycles. The van der Waals surface area contributed by atoms with Crippen LogP contribution in [0.25, 0.3) is 67.8 Å². The largest absolute Gasteiger partial charge is 0.445 e. The van der Waals surface area contributed by atoms with Gasteiger partial charge in [-0.15, -0.1) is 0 Å². The number of hydrogen-bond donors (Lipinski definition) is 0. The van der Waals surface area contributed by atoms with E-state index >= 15 is 0 Å². The zero-order valence-electron chi connectivity index (χ0n) is 35.0. The van der Waals surface area contributed by atoms with Crippen LogP contribution in [-0.2, 0) is 0 Å². The highest BCUT2D eigenvalue weighted by molar-refractivity contribution is 6.15. The molecule has 0 N–H and O–H groups in total. The Bertz CT molecular complexity index is 3470. The second-order valence-corrected chi connectivity index (χ2v) is 14.8. The van der Waals surface area contributed by atoms with Gasteiger partial charge in [-0.2, -0.15) is 31.6 Å². The Morgan fingerprint density at radius 3 is 0.868 bits per heavy atom. The summed E-state index contributed by atoms with van der Waals surface area (Å²) in [7, 11) is 0. The van der Waals surface area contributed by atoms with E-state index in [9.17, 15) is 31.6 Å². The van der Waals surface area contributed by atoms with Gasteiger partial charge in [-0.1, -0.05) is 121 Å². The molecule has 68 heavy (non-hydrogen) atoms. The van der Waals surface area contributed by atoms with Gasteiger partial charge in [-0.05, 0) is 24.3 Å². The number of nitrogens with zero attached hydrogens (tertiary/aromatic N) is 12. The van der Waals surface area contributed by atoms with Gasteiger partial charge in [0.1, 0.15) is 59.1 Å². The standard InChI is InChI=1S/C54H24N12O2/c55-25-35-21-23-41(67-35)37(27-57)43-46-40(30-60)48(54-65-51(33-17-9-3-10-18-33)62-52(66-54)34-19-11-4-12-20-34)44(38(28-58)42-24-22-36(26-56)68-42)45(46)39(29-59)47(43)53-63-49(31-13-5-1-6-14-31)61-50(64-53)32-15-7-2-8-16-32/h1-24H/b43-37+,44-38+. The minimum absolute atomic E-state index is 0.00469. The third-order valence-electron chi connectivity index (χ3n) is 11.0. The molecule has 0 fully saturated rings. The first-order valence-corrected chi connectivity index (χ1v) is 20.6. The van der Waals surface area contributed by atoms with Crippen LogP contribution >= 0.6 is 0 Å². The molecule has 312 valence electrons. The molecule has 0 saturated carbocycles. The van der Waals surface area contributed by atoms with E-state index in [0.717, 1.165) is 0 Å². The zero-order valence-corrected chi connectivity index (χ0v) is 35.0. The number of allylic oxidation sites excluding steroid dienone is 10. The lowest BCUT2D eigenvalue weighted by molar-refractivity contribution is 0.540. The maximum atomic E-state index is 11.6. The summed E-state index contributed by atoms with van der Waals surface area (Å²) < 4.78 is 11.8. The maximum Gasteiger partial charge on any atom is 0.204 e. The van der Waals surface area contributed by atoms with Crippen LogP contribution in [0.3, 0.4) is 0 Å². The number of aromatic nitrogens is 6. The monoisotopic (exact) mass is 872 g/mol. The molecular weight excluding hydrogens is 849 g/mol. The lowest BCUT2D eigenvalue weighted by atomic mass is 9.88. The van der Waals surface area contributed by atoms with E-state index in [1.54, 1.807) is 0 Å². The highest BCUT2D eigenvalue weighted by atomic mass is 16.3. The van der Waals surface area contributed by atoms with Crippen molar-refractivity contribution in [3.63, 3.8) is 0 Å². The molecule has 4 aromatic carbocycles.